The number of carbonyl (C=O) groups excluding carboxylic acids is 1. The van der Waals surface area contributed by atoms with Crippen LogP contribution in [0, 0.1) is 5.82 Å². The Labute approximate surface area is 150 Å². The molecule has 0 aliphatic rings. The topological polar surface area (TPSA) is 66.4 Å². The van der Waals surface area contributed by atoms with Crippen LogP contribution in [0.2, 0.25) is 0 Å². The monoisotopic (exact) mass is 361 g/mol. The molecule has 0 fully saturated rings. The molecule has 0 atom stereocenters. The van der Waals surface area contributed by atoms with Gasteiger partial charge in [0.2, 0.25) is 5.91 Å². The molecule has 0 aliphatic carbocycles. The number of nitrogens with one attached hydrogen (secondary N) is 1. The van der Waals surface area contributed by atoms with Gasteiger partial charge in [0.05, 0.1) is 5.41 Å². The number of carbonyl (C=O) groups is 2. The summed E-state index contributed by atoms with van der Waals surface area (Å²) in [5.41, 5.74) is 0.320. The van der Waals surface area contributed by atoms with Gasteiger partial charge in [-0.1, -0.05) is 12.1 Å². The Balaban J connectivity index is 1.84. The van der Waals surface area contributed by atoms with E-state index in [-0.39, 0.29) is 11.7 Å². The molecule has 1 amide bonds. The molecule has 132 valence electrons. The van der Waals surface area contributed by atoms with Crippen molar-refractivity contribution in [2.45, 2.75) is 30.6 Å². The lowest BCUT2D eigenvalue weighted by Gasteiger charge is -2.19. The zero-order chi connectivity index (χ0) is 18.4. The summed E-state index contributed by atoms with van der Waals surface area (Å²) in [6.07, 6.45) is 0.324. The zero-order valence-electron chi connectivity index (χ0n) is 14.1. The summed E-state index contributed by atoms with van der Waals surface area (Å²) < 4.78 is 12.8. The minimum atomic E-state index is -0.978. The maximum Gasteiger partial charge on any atom is 0.313 e. The van der Waals surface area contributed by atoms with Crippen LogP contribution >= 0.6 is 11.8 Å². The van der Waals surface area contributed by atoms with Gasteiger partial charge in [-0.2, -0.15) is 0 Å². The van der Waals surface area contributed by atoms with Crippen molar-refractivity contribution in [2.24, 2.45) is 0 Å². The van der Waals surface area contributed by atoms with Crippen LogP contribution < -0.4 is 5.32 Å². The van der Waals surface area contributed by atoms with E-state index in [9.17, 15) is 19.1 Å². The fraction of sp³-hybridized carbons (Fsp3) is 0.263. The highest BCUT2D eigenvalue weighted by atomic mass is 32.2. The number of hydrogen-bond donors (Lipinski definition) is 2. The van der Waals surface area contributed by atoms with Crippen molar-refractivity contribution >= 4 is 29.3 Å². The Morgan fingerprint density at radius 3 is 2.24 bits per heavy atom. The van der Waals surface area contributed by atoms with Crippen LogP contribution in [0.4, 0.5) is 10.1 Å². The first kappa shape index (κ1) is 19.0. The number of halogens is 1. The number of amides is 1. The lowest BCUT2D eigenvalue weighted by Crippen LogP contribution is -2.28. The molecule has 2 N–H and O–H groups in total. The molecule has 4 nitrogen and oxygen atoms in total. The Hall–Kier alpha value is -2.34. The van der Waals surface area contributed by atoms with Crippen molar-refractivity contribution in [2.75, 3.05) is 11.1 Å². The SMILES string of the molecule is CC(C)(C(=O)O)c1ccc(NC(=O)CCSc2ccc(F)cc2)cc1. The van der Waals surface area contributed by atoms with Crippen LogP contribution in [0.1, 0.15) is 25.8 Å². The smallest absolute Gasteiger partial charge is 0.313 e. The molecule has 0 heterocycles. The highest BCUT2D eigenvalue weighted by molar-refractivity contribution is 7.99. The molecule has 0 unspecified atom stereocenters. The number of hydrogen-bond acceptors (Lipinski definition) is 3. The lowest BCUT2D eigenvalue weighted by atomic mass is 9.85. The number of benzene rings is 2. The van der Waals surface area contributed by atoms with Crippen LogP contribution in [0.25, 0.3) is 0 Å². The van der Waals surface area contributed by atoms with E-state index in [4.69, 9.17) is 0 Å². The normalized spacial score (nSPS) is 11.2. The molecule has 25 heavy (non-hydrogen) atoms. The summed E-state index contributed by atoms with van der Waals surface area (Å²) in [4.78, 5) is 24.1. The number of carboxylic acids is 1. The Morgan fingerprint density at radius 1 is 1.08 bits per heavy atom. The third-order valence-electron chi connectivity index (χ3n) is 3.84. The first-order chi connectivity index (χ1) is 11.8. The van der Waals surface area contributed by atoms with Crippen LogP contribution in [0.15, 0.2) is 53.4 Å². The molecule has 0 aromatic heterocycles. The van der Waals surface area contributed by atoms with Crippen molar-refractivity contribution < 1.29 is 19.1 Å². The summed E-state index contributed by atoms with van der Waals surface area (Å²) in [6.45, 7) is 3.27. The molecule has 2 aromatic carbocycles. The van der Waals surface area contributed by atoms with Gasteiger partial charge in [-0.3, -0.25) is 9.59 Å². The molecular weight excluding hydrogens is 341 g/mol. The molecular formula is C19H20FNO3S. The molecule has 2 aromatic rings. The van der Waals surface area contributed by atoms with Crippen LogP contribution in [-0.4, -0.2) is 22.7 Å². The van der Waals surface area contributed by atoms with E-state index in [0.717, 1.165) is 4.90 Å². The standard InChI is InChI=1S/C19H20FNO3S/c1-19(2,18(23)24)13-3-7-15(8-4-13)21-17(22)11-12-25-16-9-5-14(20)6-10-16/h3-10H,11-12H2,1-2H3,(H,21,22)(H,23,24). The van der Waals surface area contributed by atoms with Gasteiger partial charge >= 0.3 is 5.97 Å². The quantitative estimate of drug-likeness (QED) is 0.721. The molecule has 0 radical (unpaired) electrons. The van der Waals surface area contributed by atoms with Crippen molar-refractivity contribution in [3.8, 4) is 0 Å². The molecule has 0 bridgehead atoms. The molecule has 6 heteroatoms. The number of thioether (sulfide) groups is 1. The average molecular weight is 361 g/mol. The van der Waals surface area contributed by atoms with E-state index in [1.807, 2.05) is 0 Å². The number of carboxylic acid groups (broad SMARTS) is 1. The third kappa shape index (κ3) is 5.32. The minimum absolute atomic E-state index is 0.125. The number of anilines is 1. The second-order valence-electron chi connectivity index (χ2n) is 6.11. The van der Waals surface area contributed by atoms with Gasteiger partial charge in [-0.25, -0.2) is 4.39 Å². The summed E-state index contributed by atoms with van der Waals surface area (Å²) in [7, 11) is 0. The van der Waals surface area contributed by atoms with Gasteiger partial charge in [0.25, 0.3) is 0 Å². The van der Waals surface area contributed by atoms with Crippen molar-refractivity contribution in [3.05, 3.63) is 59.9 Å². The van der Waals surface area contributed by atoms with Crippen LogP contribution in [0.5, 0.6) is 0 Å². The fourth-order valence-corrected chi connectivity index (χ4v) is 2.96. The van der Waals surface area contributed by atoms with Gasteiger partial charge in [-0.05, 0) is 55.8 Å². The van der Waals surface area contributed by atoms with E-state index in [0.29, 0.717) is 23.4 Å². The van der Waals surface area contributed by atoms with Crippen molar-refractivity contribution in [1.82, 2.24) is 0 Å². The van der Waals surface area contributed by atoms with E-state index in [1.54, 1.807) is 50.2 Å². The largest absolute Gasteiger partial charge is 0.481 e. The molecule has 0 spiro atoms. The van der Waals surface area contributed by atoms with Crippen LogP contribution in [0.3, 0.4) is 0 Å². The maximum atomic E-state index is 12.8. The van der Waals surface area contributed by atoms with Gasteiger partial charge in [0, 0.05) is 22.8 Å². The van der Waals surface area contributed by atoms with Gasteiger partial charge in [0.1, 0.15) is 5.82 Å². The molecule has 0 aliphatic heterocycles. The Morgan fingerprint density at radius 2 is 1.68 bits per heavy atom. The zero-order valence-corrected chi connectivity index (χ0v) is 14.9. The van der Waals surface area contributed by atoms with E-state index in [2.05, 4.69) is 5.32 Å². The Kier molecular flexibility index (Phi) is 6.20. The van der Waals surface area contributed by atoms with Gasteiger partial charge < -0.3 is 10.4 Å². The fourth-order valence-electron chi connectivity index (χ4n) is 2.11. The van der Waals surface area contributed by atoms with Gasteiger partial charge in [-0.15, -0.1) is 11.8 Å². The number of aliphatic carboxylic acids is 1. The van der Waals surface area contributed by atoms with Gasteiger partial charge in [0.15, 0.2) is 0 Å². The lowest BCUT2D eigenvalue weighted by molar-refractivity contribution is -0.142. The molecule has 0 saturated heterocycles. The average Bonchev–Trinajstić information content (AvgIpc) is 2.57. The first-order valence-corrected chi connectivity index (χ1v) is 8.80. The van der Waals surface area contributed by atoms with Crippen molar-refractivity contribution in [3.63, 3.8) is 0 Å². The summed E-state index contributed by atoms with van der Waals surface area (Å²) >= 11 is 1.48. The number of rotatable bonds is 7. The third-order valence-corrected chi connectivity index (χ3v) is 4.85. The summed E-state index contributed by atoms with van der Waals surface area (Å²) in [6, 6.07) is 13.0. The summed E-state index contributed by atoms with van der Waals surface area (Å²) in [5, 5.41) is 12.0. The Bertz CT molecular complexity index is 742. The minimum Gasteiger partial charge on any atom is -0.481 e. The summed E-state index contributed by atoms with van der Waals surface area (Å²) in [5.74, 6) is -0.722. The molecule has 0 saturated carbocycles. The highest BCUT2D eigenvalue weighted by Crippen LogP contribution is 2.25. The van der Waals surface area contributed by atoms with E-state index < -0.39 is 11.4 Å². The van der Waals surface area contributed by atoms with E-state index in [1.165, 1.54) is 23.9 Å². The second-order valence-corrected chi connectivity index (χ2v) is 7.28. The highest BCUT2D eigenvalue weighted by Gasteiger charge is 2.29. The predicted molar refractivity (Wildman–Crippen MR) is 97.5 cm³/mol. The predicted octanol–water partition coefficient (Wildman–Crippen LogP) is 4.31. The molecule has 2 rings (SSSR count). The van der Waals surface area contributed by atoms with Crippen molar-refractivity contribution in [1.29, 1.82) is 0 Å². The first-order valence-electron chi connectivity index (χ1n) is 7.81. The van der Waals surface area contributed by atoms with Crippen LogP contribution in [-0.2, 0) is 15.0 Å². The second kappa shape index (κ2) is 8.16. The maximum absolute atomic E-state index is 12.8. The van der Waals surface area contributed by atoms with E-state index >= 15 is 0 Å².